The first-order valence-corrected chi connectivity index (χ1v) is 14.0. The van der Waals surface area contributed by atoms with Crippen LogP contribution in [0.1, 0.15) is 38.7 Å². The van der Waals surface area contributed by atoms with Gasteiger partial charge in [0.15, 0.2) is 0 Å². The van der Waals surface area contributed by atoms with Gasteiger partial charge in [-0.05, 0) is 48.6 Å². The molecule has 9 heteroatoms. The van der Waals surface area contributed by atoms with Gasteiger partial charge in [0.25, 0.3) is 5.91 Å². The van der Waals surface area contributed by atoms with Crippen molar-refractivity contribution in [2.24, 2.45) is 46.4 Å². The number of carbonyl (C=O) groups excluding carboxylic acids is 2. The van der Waals surface area contributed by atoms with Crippen LogP contribution < -0.4 is 5.06 Å². The summed E-state index contributed by atoms with van der Waals surface area (Å²) in [5, 5.41) is 24.1. The molecule has 8 rings (SSSR count). The summed E-state index contributed by atoms with van der Waals surface area (Å²) in [6.45, 7) is 4.92. The van der Waals surface area contributed by atoms with E-state index < -0.39 is 23.7 Å². The van der Waals surface area contributed by atoms with Crippen molar-refractivity contribution in [3.05, 3.63) is 29.8 Å². The Morgan fingerprint density at radius 1 is 1.21 bits per heavy atom. The fourth-order valence-corrected chi connectivity index (χ4v) is 8.98. The first-order valence-electron chi connectivity index (χ1n) is 14.0. The number of fused-ring (bicyclic) bond motifs is 3. The minimum atomic E-state index is -1.07. The highest BCUT2D eigenvalue weighted by molar-refractivity contribution is 6.08. The first-order chi connectivity index (χ1) is 18.3. The number of benzene rings is 1. The Morgan fingerprint density at radius 3 is 2.79 bits per heavy atom. The number of nitrogens with zero attached hydrogens (tertiary/aromatic N) is 2. The summed E-state index contributed by atoms with van der Waals surface area (Å²) < 4.78 is 11.9. The minimum Gasteiger partial charge on any atom is -0.465 e. The molecular formula is C29H36N2O7. The Labute approximate surface area is 222 Å². The van der Waals surface area contributed by atoms with Crippen LogP contribution in [-0.2, 0) is 29.3 Å². The van der Waals surface area contributed by atoms with Gasteiger partial charge in [-0.2, -0.15) is 5.06 Å². The summed E-state index contributed by atoms with van der Waals surface area (Å²) in [5.41, 5.74) is 1.34. The highest BCUT2D eigenvalue weighted by atomic mass is 16.7. The fraction of sp³-hybridized carbons (Fsp3) is 0.690. The number of ether oxygens (including phenoxy) is 2. The van der Waals surface area contributed by atoms with Crippen molar-refractivity contribution in [3.63, 3.8) is 0 Å². The van der Waals surface area contributed by atoms with Gasteiger partial charge in [0, 0.05) is 23.5 Å². The second-order valence-corrected chi connectivity index (χ2v) is 12.4. The smallest absolute Gasteiger partial charge is 0.309 e. The molecule has 3 saturated heterocycles. The van der Waals surface area contributed by atoms with E-state index in [1.165, 1.54) is 12.2 Å². The van der Waals surface area contributed by atoms with Crippen molar-refractivity contribution in [2.45, 2.75) is 62.9 Å². The van der Waals surface area contributed by atoms with E-state index in [0.29, 0.717) is 31.7 Å². The van der Waals surface area contributed by atoms with Gasteiger partial charge >= 0.3 is 5.97 Å². The number of anilines is 1. The number of aliphatic hydroxyl groups is 2. The molecule has 7 aliphatic rings. The van der Waals surface area contributed by atoms with E-state index in [0.717, 1.165) is 17.7 Å². The zero-order valence-electron chi connectivity index (χ0n) is 22.0. The number of para-hydroxylation sites is 1. The summed E-state index contributed by atoms with van der Waals surface area (Å²) in [4.78, 5) is 37.5. The van der Waals surface area contributed by atoms with E-state index in [1.807, 2.05) is 31.2 Å². The van der Waals surface area contributed by atoms with Gasteiger partial charge in [-0.1, -0.05) is 32.0 Å². The third-order valence-electron chi connectivity index (χ3n) is 10.6. The maximum Gasteiger partial charge on any atom is 0.309 e. The largest absolute Gasteiger partial charge is 0.465 e. The van der Waals surface area contributed by atoms with E-state index in [9.17, 15) is 19.8 Å². The molecule has 1 spiro atoms. The van der Waals surface area contributed by atoms with Crippen LogP contribution in [0.15, 0.2) is 29.3 Å². The Balaban J connectivity index is 1.22. The molecule has 5 aliphatic heterocycles. The summed E-state index contributed by atoms with van der Waals surface area (Å²) in [6, 6.07) is 7.38. The van der Waals surface area contributed by atoms with E-state index in [4.69, 9.17) is 19.3 Å². The Kier molecular flexibility index (Phi) is 5.58. The Bertz CT molecular complexity index is 1200. The number of hydrogen-bond donors (Lipinski definition) is 2. The molecule has 1 aromatic carbocycles. The van der Waals surface area contributed by atoms with Gasteiger partial charge in [-0.25, -0.2) is 0 Å². The molecule has 2 aliphatic carbocycles. The first kappa shape index (κ1) is 24.7. The summed E-state index contributed by atoms with van der Waals surface area (Å²) in [5.74, 6) is -0.946. The van der Waals surface area contributed by atoms with Crippen LogP contribution in [0, 0.1) is 41.4 Å². The number of aliphatic hydroxyl groups excluding tert-OH is 2. The average molecular weight is 525 g/mol. The molecule has 1 aromatic rings. The number of esters is 1. The van der Waals surface area contributed by atoms with Crippen molar-refractivity contribution < 1.29 is 34.1 Å². The van der Waals surface area contributed by atoms with Gasteiger partial charge < -0.3 is 19.7 Å². The lowest BCUT2D eigenvalue weighted by atomic mass is 9.69. The van der Waals surface area contributed by atoms with Gasteiger partial charge in [-0.15, -0.1) is 0 Å². The van der Waals surface area contributed by atoms with E-state index in [1.54, 1.807) is 0 Å². The van der Waals surface area contributed by atoms with Gasteiger partial charge in [-0.3, -0.25) is 19.4 Å². The minimum absolute atomic E-state index is 0.0298. The topological polar surface area (TPSA) is 118 Å². The van der Waals surface area contributed by atoms with Crippen LogP contribution in [-0.4, -0.2) is 72.5 Å². The molecule has 9 nitrogen and oxygen atoms in total. The fourth-order valence-electron chi connectivity index (χ4n) is 8.98. The molecule has 12 atom stereocenters. The number of hydroxylamine groups is 1. The highest BCUT2D eigenvalue weighted by Gasteiger charge is 2.67. The predicted molar refractivity (Wildman–Crippen MR) is 136 cm³/mol. The number of carbonyl (C=O) groups is 2. The number of cyclic esters (lactones) is 1. The van der Waals surface area contributed by atoms with Crippen LogP contribution in [0.5, 0.6) is 0 Å². The average Bonchev–Trinajstić information content (AvgIpc) is 3.43. The number of rotatable bonds is 4. The zero-order valence-corrected chi connectivity index (χ0v) is 22.0. The van der Waals surface area contributed by atoms with Crippen molar-refractivity contribution in [1.82, 2.24) is 0 Å². The number of hydrogen-bond acceptors (Lipinski definition) is 8. The predicted octanol–water partition coefficient (Wildman–Crippen LogP) is 1.88. The molecule has 4 bridgehead atoms. The molecule has 2 saturated carbocycles. The molecule has 2 N–H and O–H groups in total. The normalized spacial score (nSPS) is 45.6. The molecule has 5 fully saturated rings. The summed E-state index contributed by atoms with van der Waals surface area (Å²) in [6.07, 6.45) is -0.313. The Morgan fingerprint density at radius 2 is 2.00 bits per heavy atom. The Hall–Kier alpha value is -2.33. The van der Waals surface area contributed by atoms with Crippen LogP contribution in [0.2, 0.25) is 0 Å². The maximum absolute atomic E-state index is 13.9. The van der Waals surface area contributed by atoms with Crippen LogP contribution in [0.3, 0.4) is 0 Å². The lowest BCUT2D eigenvalue weighted by molar-refractivity contribution is -0.164. The van der Waals surface area contributed by atoms with E-state index >= 15 is 0 Å². The van der Waals surface area contributed by atoms with Crippen molar-refractivity contribution in [1.29, 1.82) is 0 Å². The van der Waals surface area contributed by atoms with Crippen molar-refractivity contribution in [2.75, 3.05) is 25.4 Å². The lowest BCUT2D eigenvalue weighted by Crippen LogP contribution is -2.58. The van der Waals surface area contributed by atoms with Gasteiger partial charge in [0.2, 0.25) is 0 Å². The third-order valence-corrected chi connectivity index (χ3v) is 10.6. The van der Waals surface area contributed by atoms with Crippen molar-refractivity contribution >= 4 is 23.3 Å². The third kappa shape index (κ3) is 3.10. The van der Waals surface area contributed by atoms with Crippen LogP contribution in [0.25, 0.3) is 0 Å². The zero-order chi connectivity index (χ0) is 26.5. The number of aliphatic imine (C=N–C) groups is 1. The van der Waals surface area contributed by atoms with E-state index in [-0.39, 0.29) is 59.3 Å². The summed E-state index contributed by atoms with van der Waals surface area (Å²) >= 11 is 0. The molecule has 5 heterocycles. The molecule has 38 heavy (non-hydrogen) atoms. The second kappa shape index (κ2) is 8.58. The standard InChI is InChI=1S/C29H36N2O7/c1-13(9-16-21-15(11-38-27(16)34)8-14(2)24(21)32)23-22-17-12-37-26(25(22)33)29(10-19(17)30-23)18-6-4-5-7-20(18)31(36-3)28(29)35/h4-7,13-17,19,21-22,24-26,32-33H,8-12H2,1-3H3/t13-,14+,15-,16+,17+,19-,21-,22+,24-,25+,26+,29-/m0/s1. The van der Waals surface area contributed by atoms with E-state index in [2.05, 4.69) is 6.92 Å². The summed E-state index contributed by atoms with van der Waals surface area (Å²) in [7, 11) is 1.48. The molecule has 204 valence electrons. The molecule has 0 aromatic heterocycles. The highest BCUT2D eigenvalue weighted by Crippen LogP contribution is 2.57. The lowest BCUT2D eigenvalue weighted by Gasteiger charge is -2.43. The SMILES string of the molecule is CON1C(=O)[C@@]2(C[C@@H]3N=C([C@@H](C)C[C@H]4C(=O)OC[C@@H]5C[C@@H](C)[C@H](O)[C@@H]54)[C@@H]4[C@@H](O)[C@H]2OC[C@@H]43)c2ccccc21. The number of amides is 1. The maximum atomic E-state index is 13.9. The van der Waals surface area contributed by atoms with Crippen LogP contribution >= 0.6 is 0 Å². The molecular weight excluding hydrogens is 488 g/mol. The van der Waals surface area contributed by atoms with Crippen LogP contribution in [0.4, 0.5) is 5.69 Å². The second-order valence-electron chi connectivity index (χ2n) is 12.4. The molecule has 0 unspecified atom stereocenters. The quantitative estimate of drug-likeness (QED) is 0.578. The van der Waals surface area contributed by atoms with Gasteiger partial charge in [0.05, 0.1) is 50.2 Å². The van der Waals surface area contributed by atoms with Gasteiger partial charge in [0.1, 0.15) is 11.5 Å². The van der Waals surface area contributed by atoms with Crippen molar-refractivity contribution in [3.8, 4) is 0 Å². The molecule has 0 radical (unpaired) electrons. The monoisotopic (exact) mass is 524 g/mol. The molecule has 1 amide bonds.